The minimum Gasteiger partial charge on any atom is -0.395 e. The number of ether oxygens (including phenoxy) is 4. The summed E-state index contributed by atoms with van der Waals surface area (Å²) >= 11 is 0. The summed E-state index contributed by atoms with van der Waals surface area (Å²) in [5.74, 6) is -0.592. The standard InChI is InChI=1S/C11H21NO5.ClH/c1-11(2)16-8-7(6-12-4-5-13)15-10(14-3)9(8)17-11;/h7-10,12-13H,4-6H2,1-3H3;1H. The van der Waals surface area contributed by atoms with Gasteiger partial charge in [-0.3, -0.25) is 0 Å². The third-order valence-electron chi connectivity index (χ3n) is 2.97. The van der Waals surface area contributed by atoms with Crippen LogP contribution >= 0.6 is 12.4 Å². The summed E-state index contributed by atoms with van der Waals surface area (Å²) in [4.78, 5) is 0. The maximum atomic E-state index is 8.72. The van der Waals surface area contributed by atoms with Crippen molar-refractivity contribution in [2.24, 2.45) is 0 Å². The van der Waals surface area contributed by atoms with Crippen molar-refractivity contribution in [1.29, 1.82) is 0 Å². The monoisotopic (exact) mass is 283 g/mol. The minimum atomic E-state index is -0.592. The van der Waals surface area contributed by atoms with Crippen LogP contribution in [0.4, 0.5) is 0 Å². The van der Waals surface area contributed by atoms with Gasteiger partial charge < -0.3 is 29.4 Å². The van der Waals surface area contributed by atoms with Gasteiger partial charge in [0.15, 0.2) is 12.1 Å². The normalized spacial score (nSPS) is 37.3. The van der Waals surface area contributed by atoms with E-state index in [4.69, 9.17) is 24.1 Å². The maximum Gasteiger partial charge on any atom is 0.186 e. The predicted octanol–water partition coefficient (Wildman–Crippen LogP) is -0.118. The van der Waals surface area contributed by atoms with Gasteiger partial charge in [0.05, 0.1) is 6.61 Å². The summed E-state index contributed by atoms with van der Waals surface area (Å²) in [7, 11) is 1.60. The molecule has 7 heteroatoms. The lowest BCUT2D eigenvalue weighted by molar-refractivity contribution is -0.226. The van der Waals surface area contributed by atoms with Gasteiger partial charge in [0.25, 0.3) is 0 Å². The number of hydrogen-bond acceptors (Lipinski definition) is 6. The second-order valence-corrected chi connectivity index (χ2v) is 4.77. The number of halogens is 1. The number of aliphatic hydroxyl groups excluding tert-OH is 1. The Morgan fingerprint density at radius 1 is 1.28 bits per heavy atom. The molecule has 0 saturated carbocycles. The smallest absolute Gasteiger partial charge is 0.186 e. The van der Waals surface area contributed by atoms with Crippen molar-refractivity contribution in [3.05, 3.63) is 0 Å². The van der Waals surface area contributed by atoms with E-state index in [2.05, 4.69) is 5.32 Å². The van der Waals surface area contributed by atoms with Gasteiger partial charge in [-0.05, 0) is 13.8 Å². The first-order valence-electron chi connectivity index (χ1n) is 5.93. The van der Waals surface area contributed by atoms with E-state index in [1.54, 1.807) is 7.11 Å². The van der Waals surface area contributed by atoms with Crippen molar-refractivity contribution < 1.29 is 24.1 Å². The zero-order valence-corrected chi connectivity index (χ0v) is 11.7. The fraction of sp³-hybridized carbons (Fsp3) is 1.00. The molecular weight excluding hydrogens is 262 g/mol. The molecule has 0 aromatic heterocycles. The molecule has 2 heterocycles. The highest BCUT2D eigenvalue weighted by molar-refractivity contribution is 5.85. The lowest BCUT2D eigenvalue weighted by atomic mass is 10.1. The van der Waals surface area contributed by atoms with Crippen LogP contribution < -0.4 is 5.32 Å². The van der Waals surface area contributed by atoms with Crippen LogP contribution in [0, 0.1) is 0 Å². The van der Waals surface area contributed by atoms with Gasteiger partial charge in [-0.25, -0.2) is 0 Å². The van der Waals surface area contributed by atoms with Gasteiger partial charge in [-0.1, -0.05) is 0 Å². The number of aliphatic hydroxyl groups is 1. The lowest BCUT2D eigenvalue weighted by Gasteiger charge is -2.23. The van der Waals surface area contributed by atoms with E-state index in [0.717, 1.165) is 0 Å². The summed E-state index contributed by atoms with van der Waals surface area (Å²) in [6, 6.07) is 0. The predicted molar refractivity (Wildman–Crippen MR) is 66.7 cm³/mol. The van der Waals surface area contributed by atoms with Crippen molar-refractivity contribution in [1.82, 2.24) is 5.32 Å². The van der Waals surface area contributed by atoms with Crippen LogP contribution in [-0.2, 0) is 18.9 Å². The summed E-state index contributed by atoms with van der Waals surface area (Å²) in [6.45, 7) is 5.03. The van der Waals surface area contributed by atoms with Crippen molar-refractivity contribution in [2.45, 2.75) is 44.2 Å². The summed E-state index contributed by atoms with van der Waals surface area (Å²) in [5.41, 5.74) is 0. The van der Waals surface area contributed by atoms with E-state index in [0.29, 0.717) is 13.1 Å². The largest absolute Gasteiger partial charge is 0.395 e. The second kappa shape index (κ2) is 6.47. The molecule has 0 aromatic carbocycles. The molecule has 0 bridgehead atoms. The Hall–Kier alpha value is 0.0500. The number of methoxy groups -OCH3 is 1. The van der Waals surface area contributed by atoms with E-state index in [-0.39, 0.29) is 43.6 Å². The fourth-order valence-electron chi connectivity index (χ4n) is 2.32. The zero-order valence-electron chi connectivity index (χ0n) is 10.9. The zero-order chi connectivity index (χ0) is 12.5. The molecule has 2 N–H and O–H groups in total. The molecule has 4 unspecified atom stereocenters. The molecule has 0 spiro atoms. The van der Waals surface area contributed by atoms with Gasteiger partial charge in [0, 0.05) is 20.2 Å². The highest BCUT2D eigenvalue weighted by atomic mass is 35.5. The molecule has 2 saturated heterocycles. The van der Waals surface area contributed by atoms with Crippen LogP contribution in [0.5, 0.6) is 0 Å². The average Bonchev–Trinajstić information content (AvgIpc) is 2.73. The van der Waals surface area contributed by atoms with E-state index >= 15 is 0 Å². The SMILES string of the molecule is COC1OC(CNCCO)C2OC(C)(C)OC12.Cl. The molecule has 4 atom stereocenters. The van der Waals surface area contributed by atoms with Crippen LogP contribution in [0.2, 0.25) is 0 Å². The van der Waals surface area contributed by atoms with Crippen LogP contribution in [0.25, 0.3) is 0 Å². The molecule has 0 amide bonds. The first-order chi connectivity index (χ1) is 8.07. The van der Waals surface area contributed by atoms with Crippen LogP contribution in [0.1, 0.15) is 13.8 Å². The molecule has 2 rings (SSSR count). The van der Waals surface area contributed by atoms with Gasteiger partial charge >= 0.3 is 0 Å². The lowest BCUT2D eigenvalue weighted by Crippen LogP contribution is -2.38. The minimum absolute atomic E-state index is 0. The van der Waals surface area contributed by atoms with Crippen LogP contribution in [0.3, 0.4) is 0 Å². The topological polar surface area (TPSA) is 69.2 Å². The average molecular weight is 284 g/mol. The molecule has 2 aliphatic rings. The third-order valence-corrected chi connectivity index (χ3v) is 2.97. The van der Waals surface area contributed by atoms with E-state index in [9.17, 15) is 0 Å². The Balaban J connectivity index is 0.00000162. The molecular formula is C11H22ClNO5. The third kappa shape index (κ3) is 3.33. The van der Waals surface area contributed by atoms with E-state index in [1.165, 1.54) is 0 Å². The maximum absolute atomic E-state index is 8.72. The molecule has 18 heavy (non-hydrogen) atoms. The first kappa shape index (κ1) is 16.1. The quantitative estimate of drug-likeness (QED) is 0.686. The molecule has 108 valence electrons. The molecule has 2 aliphatic heterocycles. The molecule has 6 nitrogen and oxygen atoms in total. The summed E-state index contributed by atoms with van der Waals surface area (Å²) in [5, 5.41) is 11.8. The first-order valence-corrected chi connectivity index (χ1v) is 5.93. The second-order valence-electron chi connectivity index (χ2n) is 4.77. The molecule has 0 aromatic rings. The Bertz CT molecular complexity index is 266. The Kier molecular flexibility index (Phi) is 5.79. The van der Waals surface area contributed by atoms with E-state index in [1.807, 2.05) is 13.8 Å². The summed E-state index contributed by atoms with van der Waals surface area (Å²) in [6.07, 6.45) is -0.807. The number of nitrogens with one attached hydrogen (secondary N) is 1. The number of fused-ring (bicyclic) bond motifs is 1. The Morgan fingerprint density at radius 2 is 1.94 bits per heavy atom. The van der Waals surface area contributed by atoms with Crippen LogP contribution in [-0.4, -0.2) is 62.3 Å². The molecule has 2 fully saturated rings. The fourth-order valence-corrected chi connectivity index (χ4v) is 2.32. The van der Waals surface area contributed by atoms with Gasteiger partial charge in [0.2, 0.25) is 0 Å². The van der Waals surface area contributed by atoms with Crippen molar-refractivity contribution in [3.8, 4) is 0 Å². The highest BCUT2D eigenvalue weighted by Gasteiger charge is 2.55. The van der Waals surface area contributed by atoms with E-state index < -0.39 is 5.79 Å². The number of rotatable bonds is 5. The van der Waals surface area contributed by atoms with Crippen molar-refractivity contribution in [3.63, 3.8) is 0 Å². The van der Waals surface area contributed by atoms with Crippen molar-refractivity contribution >= 4 is 12.4 Å². The van der Waals surface area contributed by atoms with Crippen LogP contribution in [0.15, 0.2) is 0 Å². The number of hydrogen-bond donors (Lipinski definition) is 2. The van der Waals surface area contributed by atoms with Gasteiger partial charge in [-0.15, -0.1) is 12.4 Å². The van der Waals surface area contributed by atoms with Crippen molar-refractivity contribution in [2.75, 3.05) is 26.8 Å². The Labute approximate surface area is 113 Å². The Morgan fingerprint density at radius 3 is 2.56 bits per heavy atom. The highest BCUT2D eigenvalue weighted by Crippen LogP contribution is 2.38. The molecule has 0 radical (unpaired) electrons. The van der Waals surface area contributed by atoms with Gasteiger partial charge in [-0.2, -0.15) is 0 Å². The molecule has 0 aliphatic carbocycles. The van der Waals surface area contributed by atoms with Gasteiger partial charge in [0.1, 0.15) is 18.3 Å². The summed E-state index contributed by atoms with van der Waals surface area (Å²) < 4.78 is 22.5.